The highest BCUT2D eigenvalue weighted by molar-refractivity contribution is 7.88. The molecule has 0 radical (unpaired) electrons. The van der Waals surface area contributed by atoms with Gasteiger partial charge in [0.15, 0.2) is 0 Å². The molecule has 1 heterocycles. The molecule has 0 bridgehead atoms. The van der Waals surface area contributed by atoms with Crippen LogP contribution in [-0.2, 0) is 14.8 Å². The summed E-state index contributed by atoms with van der Waals surface area (Å²) in [5, 5.41) is 3.01. The van der Waals surface area contributed by atoms with Crippen LogP contribution >= 0.6 is 0 Å². The fourth-order valence-electron chi connectivity index (χ4n) is 3.45. The molecule has 1 N–H and O–H groups in total. The highest BCUT2D eigenvalue weighted by atomic mass is 32.2. The number of rotatable bonds is 5. The number of sulfonamides is 1. The molecule has 1 aliphatic carbocycles. The normalized spacial score (nSPS) is 22.9. The van der Waals surface area contributed by atoms with E-state index in [9.17, 15) is 13.2 Å². The summed E-state index contributed by atoms with van der Waals surface area (Å²) in [6.45, 7) is 1.92. The van der Waals surface area contributed by atoms with Crippen molar-refractivity contribution < 1.29 is 13.2 Å². The van der Waals surface area contributed by atoms with Crippen molar-refractivity contribution in [3.8, 4) is 0 Å². The minimum absolute atomic E-state index is 0.00742. The fourth-order valence-corrected chi connectivity index (χ4v) is 4.56. The van der Waals surface area contributed by atoms with E-state index >= 15 is 0 Å². The smallest absolute Gasteiger partial charge is 0.235 e. The first-order valence-electron chi connectivity index (χ1n) is 8.31. The van der Waals surface area contributed by atoms with Gasteiger partial charge in [0.25, 0.3) is 0 Å². The van der Waals surface area contributed by atoms with E-state index in [1.54, 1.807) is 0 Å². The molecule has 2 fully saturated rings. The van der Waals surface area contributed by atoms with Gasteiger partial charge < -0.3 is 10.2 Å². The maximum atomic E-state index is 12.3. The van der Waals surface area contributed by atoms with Crippen LogP contribution in [0.5, 0.6) is 0 Å². The average Bonchev–Trinajstić information content (AvgIpc) is 2.47. The van der Waals surface area contributed by atoms with E-state index in [-0.39, 0.29) is 24.5 Å². The van der Waals surface area contributed by atoms with Crippen LogP contribution in [0.3, 0.4) is 0 Å². The Morgan fingerprint density at radius 1 is 1.14 bits per heavy atom. The fraction of sp³-hybridized carbons (Fsp3) is 0.933. The second-order valence-corrected chi connectivity index (χ2v) is 8.68. The first kappa shape index (κ1) is 17.7. The standard InChI is InChI=1S/C15H29N3O3S/c1-17-10-8-13(9-11-17)16-15(19)12-18(22(2,20)21)14-6-4-3-5-7-14/h13-14H,3-12H2,1-2H3,(H,16,19). The Labute approximate surface area is 134 Å². The number of amides is 1. The Kier molecular flexibility index (Phi) is 6.23. The van der Waals surface area contributed by atoms with Crippen LogP contribution in [-0.4, -0.2) is 68.6 Å². The number of carbonyl (C=O) groups is 1. The predicted molar refractivity (Wildman–Crippen MR) is 87.1 cm³/mol. The largest absolute Gasteiger partial charge is 0.352 e. The maximum absolute atomic E-state index is 12.3. The molecule has 0 aromatic heterocycles. The van der Waals surface area contributed by atoms with E-state index in [4.69, 9.17) is 0 Å². The van der Waals surface area contributed by atoms with Gasteiger partial charge in [-0.15, -0.1) is 0 Å². The second kappa shape index (κ2) is 7.75. The Bertz CT molecular complexity index is 466. The maximum Gasteiger partial charge on any atom is 0.235 e. The lowest BCUT2D eigenvalue weighted by Gasteiger charge is -2.33. The molecule has 1 saturated heterocycles. The van der Waals surface area contributed by atoms with Crippen LogP contribution in [0.4, 0.5) is 0 Å². The minimum Gasteiger partial charge on any atom is -0.352 e. The van der Waals surface area contributed by atoms with Crippen LogP contribution in [0.15, 0.2) is 0 Å². The number of nitrogens with one attached hydrogen (secondary N) is 1. The van der Waals surface area contributed by atoms with Crippen LogP contribution in [0.1, 0.15) is 44.9 Å². The first-order chi connectivity index (χ1) is 10.4. The summed E-state index contributed by atoms with van der Waals surface area (Å²) in [7, 11) is -1.27. The zero-order valence-corrected chi connectivity index (χ0v) is 14.6. The molecule has 0 unspecified atom stereocenters. The Morgan fingerprint density at radius 2 is 1.73 bits per heavy atom. The number of nitrogens with zero attached hydrogens (tertiary/aromatic N) is 2. The average molecular weight is 331 g/mol. The van der Waals surface area contributed by atoms with Crippen molar-refractivity contribution in [2.45, 2.75) is 57.0 Å². The third-order valence-corrected chi connectivity index (χ3v) is 6.07. The van der Waals surface area contributed by atoms with Crippen molar-refractivity contribution >= 4 is 15.9 Å². The quantitative estimate of drug-likeness (QED) is 0.809. The van der Waals surface area contributed by atoms with Crippen LogP contribution in [0.25, 0.3) is 0 Å². The lowest BCUT2D eigenvalue weighted by molar-refractivity contribution is -0.122. The van der Waals surface area contributed by atoms with Crippen molar-refractivity contribution in [1.29, 1.82) is 0 Å². The molecule has 1 saturated carbocycles. The molecule has 0 aromatic rings. The van der Waals surface area contributed by atoms with E-state index in [0.29, 0.717) is 0 Å². The lowest BCUT2D eigenvalue weighted by Crippen LogP contribution is -2.50. The summed E-state index contributed by atoms with van der Waals surface area (Å²) >= 11 is 0. The molecule has 6 nitrogen and oxygen atoms in total. The molecule has 1 aliphatic heterocycles. The van der Waals surface area contributed by atoms with Crippen molar-refractivity contribution in [3.05, 3.63) is 0 Å². The van der Waals surface area contributed by atoms with Crippen LogP contribution in [0, 0.1) is 0 Å². The molecule has 0 spiro atoms. The van der Waals surface area contributed by atoms with Crippen molar-refractivity contribution in [2.75, 3.05) is 32.9 Å². The molecule has 128 valence electrons. The molecular formula is C15H29N3O3S. The van der Waals surface area contributed by atoms with E-state index in [1.165, 1.54) is 10.6 Å². The Balaban J connectivity index is 1.90. The van der Waals surface area contributed by atoms with Gasteiger partial charge >= 0.3 is 0 Å². The summed E-state index contributed by atoms with van der Waals surface area (Å²) in [5.74, 6) is -0.162. The minimum atomic E-state index is -3.34. The van der Waals surface area contributed by atoms with Crippen molar-refractivity contribution in [1.82, 2.24) is 14.5 Å². The van der Waals surface area contributed by atoms with E-state index < -0.39 is 10.0 Å². The molecule has 1 amide bonds. The van der Waals surface area contributed by atoms with Gasteiger partial charge in [-0.1, -0.05) is 19.3 Å². The van der Waals surface area contributed by atoms with Gasteiger partial charge in [-0.25, -0.2) is 8.42 Å². The molecule has 0 aromatic carbocycles. The first-order valence-corrected chi connectivity index (χ1v) is 10.2. The van der Waals surface area contributed by atoms with Gasteiger partial charge in [0.05, 0.1) is 12.8 Å². The van der Waals surface area contributed by atoms with E-state index in [0.717, 1.165) is 58.0 Å². The summed E-state index contributed by atoms with van der Waals surface area (Å²) in [4.78, 5) is 14.5. The number of hydrogen-bond donors (Lipinski definition) is 1. The second-order valence-electron chi connectivity index (χ2n) is 6.75. The number of carbonyl (C=O) groups excluding carboxylic acids is 1. The summed E-state index contributed by atoms with van der Waals surface area (Å²) in [6.07, 6.45) is 8.08. The third-order valence-electron chi connectivity index (χ3n) is 4.79. The van der Waals surface area contributed by atoms with Gasteiger partial charge in [-0.2, -0.15) is 4.31 Å². The molecular weight excluding hydrogens is 302 g/mol. The number of hydrogen-bond acceptors (Lipinski definition) is 4. The van der Waals surface area contributed by atoms with E-state index in [1.807, 2.05) is 0 Å². The Morgan fingerprint density at radius 3 is 2.27 bits per heavy atom. The Hall–Kier alpha value is -0.660. The molecule has 2 aliphatic rings. The SMILES string of the molecule is CN1CCC(NC(=O)CN(C2CCCCC2)S(C)(=O)=O)CC1. The van der Waals surface area contributed by atoms with Gasteiger partial charge in [-0.3, -0.25) is 4.79 Å². The van der Waals surface area contributed by atoms with Gasteiger partial charge in [0.2, 0.25) is 15.9 Å². The summed E-state index contributed by atoms with van der Waals surface area (Å²) in [6, 6.07) is 0.170. The zero-order valence-electron chi connectivity index (χ0n) is 13.8. The van der Waals surface area contributed by atoms with Gasteiger partial charge in [0, 0.05) is 12.1 Å². The topological polar surface area (TPSA) is 69.7 Å². The highest BCUT2D eigenvalue weighted by Crippen LogP contribution is 2.24. The van der Waals surface area contributed by atoms with E-state index in [2.05, 4.69) is 17.3 Å². The summed E-state index contributed by atoms with van der Waals surface area (Å²) < 4.78 is 25.5. The zero-order chi connectivity index (χ0) is 16.2. The van der Waals surface area contributed by atoms with Crippen molar-refractivity contribution in [2.24, 2.45) is 0 Å². The lowest BCUT2D eigenvalue weighted by atomic mass is 9.95. The van der Waals surface area contributed by atoms with Gasteiger partial charge in [0.1, 0.15) is 0 Å². The van der Waals surface area contributed by atoms with Crippen LogP contribution < -0.4 is 5.32 Å². The predicted octanol–water partition coefficient (Wildman–Crippen LogP) is 0.791. The van der Waals surface area contributed by atoms with Crippen LogP contribution in [0.2, 0.25) is 0 Å². The monoisotopic (exact) mass is 331 g/mol. The third kappa shape index (κ3) is 5.21. The molecule has 7 heteroatoms. The summed E-state index contributed by atoms with van der Waals surface area (Å²) in [5.41, 5.74) is 0. The van der Waals surface area contributed by atoms with Crippen molar-refractivity contribution in [3.63, 3.8) is 0 Å². The number of piperidine rings is 1. The number of likely N-dealkylation sites (tertiary alicyclic amines) is 1. The van der Waals surface area contributed by atoms with Gasteiger partial charge in [-0.05, 0) is 45.8 Å². The molecule has 22 heavy (non-hydrogen) atoms. The molecule has 0 atom stereocenters. The molecule has 2 rings (SSSR count). The highest BCUT2D eigenvalue weighted by Gasteiger charge is 2.30.